The Labute approximate surface area is 119 Å². The van der Waals surface area contributed by atoms with E-state index in [-0.39, 0.29) is 5.91 Å². The molecule has 2 N–H and O–H groups in total. The van der Waals surface area contributed by atoms with E-state index in [0.29, 0.717) is 5.92 Å². The molecule has 1 atom stereocenters. The van der Waals surface area contributed by atoms with E-state index in [1.807, 2.05) is 30.0 Å². The molecule has 3 nitrogen and oxygen atoms in total. The first-order valence-corrected chi connectivity index (χ1v) is 8.14. The summed E-state index contributed by atoms with van der Waals surface area (Å²) in [6.07, 6.45) is 1.12. The smallest absolute Gasteiger partial charge is 0.251 e. The average molecular weight is 278 g/mol. The largest absolute Gasteiger partial charge is 0.351 e. The van der Waals surface area contributed by atoms with Gasteiger partial charge in [0.1, 0.15) is 0 Å². The third-order valence-corrected chi connectivity index (χ3v) is 4.34. The zero-order valence-corrected chi connectivity index (χ0v) is 12.3. The molecule has 1 aromatic carbocycles. The number of carbonyl (C=O) groups excluding carboxylic acids is 1. The minimum absolute atomic E-state index is 0.0687. The van der Waals surface area contributed by atoms with Crippen LogP contribution in [0.1, 0.15) is 35.2 Å². The molecular weight excluding hydrogens is 256 g/mol. The lowest BCUT2D eigenvalue weighted by Crippen LogP contribution is -2.27. The highest BCUT2D eigenvalue weighted by molar-refractivity contribution is 7.99. The van der Waals surface area contributed by atoms with Crippen LogP contribution in [0.2, 0.25) is 0 Å². The molecule has 1 unspecified atom stereocenters. The van der Waals surface area contributed by atoms with Gasteiger partial charge in [0.15, 0.2) is 0 Å². The van der Waals surface area contributed by atoms with Crippen molar-refractivity contribution in [2.75, 3.05) is 31.1 Å². The van der Waals surface area contributed by atoms with Gasteiger partial charge >= 0.3 is 0 Å². The molecule has 1 amide bonds. The van der Waals surface area contributed by atoms with Crippen molar-refractivity contribution in [1.82, 2.24) is 10.6 Å². The maximum absolute atomic E-state index is 12.2. The first kappa shape index (κ1) is 14.4. The Balaban J connectivity index is 2.00. The predicted octanol–water partition coefficient (Wildman–Crippen LogP) is 2.25. The van der Waals surface area contributed by atoms with Gasteiger partial charge in [-0.3, -0.25) is 4.79 Å². The number of hydrogen-bond donors (Lipinski definition) is 2. The maximum Gasteiger partial charge on any atom is 0.251 e. The van der Waals surface area contributed by atoms with Gasteiger partial charge in [-0.15, -0.1) is 0 Å². The zero-order valence-electron chi connectivity index (χ0n) is 11.4. The molecule has 1 aliphatic rings. The van der Waals surface area contributed by atoms with Gasteiger partial charge in [-0.05, 0) is 36.3 Å². The first-order valence-electron chi connectivity index (χ1n) is 6.98. The van der Waals surface area contributed by atoms with E-state index in [9.17, 15) is 4.79 Å². The number of hydrogen-bond acceptors (Lipinski definition) is 3. The normalized spacial score (nSPS) is 18.5. The molecule has 0 radical (unpaired) electrons. The second-order valence-corrected chi connectivity index (χ2v) is 6.12. The van der Waals surface area contributed by atoms with Gasteiger partial charge in [0, 0.05) is 24.4 Å². The van der Waals surface area contributed by atoms with Crippen LogP contribution in [0, 0.1) is 0 Å². The van der Waals surface area contributed by atoms with Gasteiger partial charge in [0.05, 0.1) is 0 Å². The van der Waals surface area contributed by atoms with Gasteiger partial charge in [-0.2, -0.15) is 11.8 Å². The van der Waals surface area contributed by atoms with Crippen LogP contribution in [0.4, 0.5) is 0 Å². The summed E-state index contributed by atoms with van der Waals surface area (Å²) in [5.74, 6) is 2.63. The molecular formula is C15H22N2OS. The fraction of sp³-hybridized carbons (Fsp3) is 0.533. The quantitative estimate of drug-likeness (QED) is 0.784. The number of nitrogens with one attached hydrogen (secondary N) is 2. The van der Waals surface area contributed by atoms with Crippen LogP contribution in [-0.4, -0.2) is 37.0 Å². The molecule has 1 heterocycles. The van der Waals surface area contributed by atoms with Crippen molar-refractivity contribution < 1.29 is 4.79 Å². The van der Waals surface area contributed by atoms with E-state index in [0.717, 1.165) is 43.1 Å². The van der Waals surface area contributed by atoms with E-state index >= 15 is 0 Å². The molecule has 1 fully saturated rings. The topological polar surface area (TPSA) is 41.1 Å². The van der Waals surface area contributed by atoms with Crippen LogP contribution < -0.4 is 10.6 Å². The van der Waals surface area contributed by atoms with Gasteiger partial charge in [-0.1, -0.05) is 25.1 Å². The van der Waals surface area contributed by atoms with Gasteiger partial charge in [0.2, 0.25) is 0 Å². The Kier molecular flexibility index (Phi) is 5.73. The molecule has 0 aliphatic carbocycles. The van der Waals surface area contributed by atoms with E-state index in [2.05, 4.69) is 23.6 Å². The van der Waals surface area contributed by atoms with Crippen molar-refractivity contribution in [3.63, 3.8) is 0 Å². The van der Waals surface area contributed by atoms with Gasteiger partial charge in [0.25, 0.3) is 5.91 Å². The molecule has 1 aromatic rings. The average Bonchev–Trinajstić information content (AvgIpc) is 2.97. The predicted molar refractivity (Wildman–Crippen MR) is 82.0 cm³/mol. The highest BCUT2D eigenvalue weighted by Crippen LogP contribution is 2.25. The molecule has 0 spiro atoms. The highest BCUT2D eigenvalue weighted by atomic mass is 32.2. The summed E-state index contributed by atoms with van der Waals surface area (Å²) in [4.78, 5) is 12.2. The standard InChI is InChI=1S/C15H22N2OS/c1-2-19-10-9-17-15(18)14-6-4-3-5-13(14)12-7-8-16-11-12/h3-6,12,16H,2,7-11H2,1H3,(H,17,18). The number of carbonyl (C=O) groups is 1. The van der Waals surface area contributed by atoms with Gasteiger partial charge < -0.3 is 10.6 Å². The Morgan fingerprint density at radius 2 is 2.32 bits per heavy atom. The van der Waals surface area contributed by atoms with E-state index in [4.69, 9.17) is 0 Å². The number of thioether (sulfide) groups is 1. The number of benzene rings is 1. The summed E-state index contributed by atoms with van der Waals surface area (Å²) in [5, 5.41) is 6.38. The van der Waals surface area contributed by atoms with Crippen molar-refractivity contribution in [1.29, 1.82) is 0 Å². The molecule has 104 valence electrons. The minimum atomic E-state index is 0.0687. The van der Waals surface area contributed by atoms with Crippen LogP contribution in [0.25, 0.3) is 0 Å². The zero-order chi connectivity index (χ0) is 13.5. The van der Waals surface area contributed by atoms with Crippen LogP contribution >= 0.6 is 11.8 Å². The fourth-order valence-corrected chi connectivity index (χ4v) is 2.99. The molecule has 2 rings (SSSR count). The maximum atomic E-state index is 12.2. The second-order valence-electron chi connectivity index (χ2n) is 4.73. The lowest BCUT2D eigenvalue weighted by molar-refractivity contribution is 0.0955. The van der Waals surface area contributed by atoms with Crippen molar-refractivity contribution >= 4 is 17.7 Å². The third-order valence-electron chi connectivity index (χ3n) is 3.44. The molecule has 19 heavy (non-hydrogen) atoms. The lowest BCUT2D eigenvalue weighted by Gasteiger charge is -2.14. The van der Waals surface area contributed by atoms with Gasteiger partial charge in [-0.25, -0.2) is 0 Å². The Morgan fingerprint density at radius 3 is 3.05 bits per heavy atom. The molecule has 1 aliphatic heterocycles. The summed E-state index contributed by atoms with van der Waals surface area (Å²) in [5.41, 5.74) is 2.03. The monoisotopic (exact) mass is 278 g/mol. The van der Waals surface area contributed by atoms with Crippen molar-refractivity contribution in [2.45, 2.75) is 19.3 Å². The lowest BCUT2D eigenvalue weighted by atomic mass is 9.93. The minimum Gasteiger partial charge on any atom is -0.351 e. The second kappa shape index (κ2) is 7.56. The molecule has 0 bridgehead atoms. The molecule has 1 saturated heterocycles. The highest BCUT2D eigenvalue weighted by Gasteiger charge is 2.21. The molecule has 0 saturated carbocycles. The summed E-state index contributed by atoms with van der Waals surface area (Å²) >= 11 is 1.85. The summed E-state index contributed by atoms with van der Waals surface area (Å²) in [7, 11) is 0. The number of rotatable bonds is 6. The summed E-state index contributed by atoms with van der Waals surface area (Å²) < 4.78 is 0. The Bertz CT molecular complexity index is 416. The van der Waals surface area contributed by atoms with Crippen LogP contribution in [-0.2, 0) is 0 Å². The molecule has 4 heteroatoms. The summed E-state index contributed by atoms with van der Waals surface area (Å²) in [6.45, 7) is 4.91. The van der Waals surface area contributed by atoms with Crippen LogP contribution in [0.3, 0.4) is 0 Å². The number of amides is 1. The van der Waals surface area contributed by atoms with Crippen molar-refractivity contribution in [3.8, 4) is 0 Å². The van der Waals surface area contributed by atoms with Crippen molar-refractivity contribution in [2.24, 2.45) is 0 Å². The van der Waals surface area contributed by atoms with Crippen molar-refractivity contribution in [3.05, 3.63) is 35.4 Å². The fourth-order valence-electron chi connectivity index (χ4n) is 2.46. The SMILES string of the molecule is CCSCCNC(=O)c1ccccc1C1CCNC1. The van der Waals surface area contributed by atoms with E-state index in [1.54, 1.807) is 0 Å². The molecule has 0 aromatic heterocycles. The Hall–Kier alpha value is -1.00. The van der Waals surface area contributed by atoms with Crippen LogP contribution in [0.5, 0.6) is 0 Å². The van der Waals surface area contributed by atoms with E-state index in [1.165, 1.54) is 5.56 Å². The first-order chi connectivity index (χ1) is 9.33. The third kappa shape index (κ3) is 3.98. The van der Waals surface area contributed by atoms with E-state index < -0.39 is 0 Å². The van der Waals surface area contributed by atoms with Crippen LogP contribution in [0.15, 0.2) is 24.3 Å². The Morgan fingerprint density at radius 1 is 1.47 bits per heavy atom. The summed E-state index contributed by atoms with van der Waals surface area (Å²) in [6, 6.07) is 8.00.